The van der Waals surface area contributed by atoms with Gasteiger partial charge in [-0.2, -0.15) is 0 Å². The maximum Gasteiger partial charge on any atom is 0.385 e. The first-order valence-electron chi connectivity index (χ1n) is 2.72. The van der Waals surface area contributed by atoms with E-state index in [4.69, 9.17) is 10.9 Å². The average molecular weight is 133 g/mol. The predicted octanol–water partition coefficient (Wildman–Crippen LogP) is 0.905. The van der Waals surface area contributed by atoms with E-state index in [0.717, 1.165) is 0 Å². The summed E-state index contributed by atoms with van der Waals surface area (Å²) >= 11 is 0. The Morgan fingerprint density at radius 1 is 1.30 bits per heavy atom. The minimum absolute atomic E-state index is 0.457. The van der Waals surface area contributed by atoms with Crippen molar-refractivity contribution < 1.29 is 5.11 Å². The zero-order chi connectivity index (χ0) is 7.40. The molecule has 0 aromatic heterocycles. The topological polar surface area (TPSA) is 64.4 Å². The van der Waals surface area contributed by atoms with E-state index >= 15 is 0 Å². The van der Waals surface area contributed by atoms with Crippen LogP contribution in [-0.2, 0) is 0 Å². The molecule has 0 unspecified atom stereocenters. The van der Waals surface area contributed by atoms with Gasteiger partial charge in [-0.25, -0.2) is 0 Å². The van der Waals surface area contributed by atoms with Crippen molar-refractivity contribution >= 4 is 11.4 Å². The first-order chi connectivity index (χ1) is 4.86. The molecule has 0 fully saturated rings. The van der Waals surface area contributed by atoms with E-state index in [2.05, 4.69) is 4.98 Å². The molecule has 1 rings (SSSR count). The molecule has 0 spiro atoms. The van der Waals surface area contributed by atoms with Crippen molar-refractivity contribution in [3.63, 3.8) is 0 Å². The van der Waals surface area contributed by atoms with Crippen molar-refractivity contribution in [2.24, 2.45) is 0 Å². The molecule has 4 heteroatoms. The van der Waals surface area contributed by atoms with Crippen molar-refractivity contribution in [1.29, 1.82) is 5.39 Å². The molecule has 10 heavy (non-hydrogen) atoms. The van der Waals surface area contributed by atoms with Gasteiger partial charge in [0.05, 0.1) is 0 Å². The quantitative estimate of drug-likeness (QED) is 0.449. The summed E-state index contributed by atoms with van der Waals surface area (Å²) in [5, 5.41) is 10.2. The molecule has 0 heterocycles. The monoisotopic (exact) mass is 133 g/mol. The van der Waals surface area contributed by atoms with E-state index in [1.165, 1.54) is 0 Å². The first-order valence-corrected chi connectivity index (χ1v) is 2.72. The minimum Gasteiger partial charge on any atom is -0.502 e. The van der Waals surface area contributed by atoms with E-state index in [0.29, 0.717) is 11.4 Å². The molecule has 0 amide bonds. The zero-order valence-electron chi connectivity index (χ0n) is 5.15. The van der Waals surface area contributed by atoms with Crippen molar-refractivity contribution in [3.05, 3.63) is 34.8 Å². The van der Waals surface area contributed by atoms with Crippen LogP contribution in [0.25, 0.3) is 10.5 Å². The Labute approximate surface area is 57.6 Å². The third-order valence-corrected chi connectivity index (χ3v) is 1.11. The smallest absolute Gasteiger partial charge is 0.385 e. The van der Waals surface area contributed by atoms with Crippen LogP contribution in [0.4, 0.5) is 11.4 Å². The van der Waals surface area contributed by atoms with Gasteiger partial charge in [0.2, 0.25) is 5.39 Å². The number of rotatable bonds is 1. The number of hydrogen-bond acceptors (Lipinski definition) is 1. The third kappa shape index (κ3) is 1.14. The van der Waals surface area contributed by atoms with Crippen LogP contribution < -0.4 is 5.11 Å². The van der Waals surface area contributed by atoms with Gasteiger partial charge in [-0.15, -0.1) is 0 Å². The van der Waals surface area contributed by atoms with E-state index in [-0.39, 0.29) is 0 Å². The predicted molar refractivity (Wildman–Crippen MR) is 35.2 cm³/mol. The summed E-state index contributed by atoms with van der Waals surface area (Å²) in [7, 11) is 0. The third-order valence-electron chi connectivity index (χ3n) is 1.11. The Morgan fingerprint density at radius 3 is 2.30 bits per heavy atom. The van der Waals surface area contributed by atoms with Gasteiger partial charge in [-0.05, 0) is 0 Å². The number of hydrogen-bond donors (Lipinski definition) is 1. The van der Waals surface area contributed by atoms with Crippen LogP contribution >= 0.6 is 0 Å². The van der Waals surface area contributed by atoms with Crippen molar-refractivity contribution in [2.45, 2.75) is 0 Å². The number of diazo groups is 1. The average Bonchev–Trinajstić information content (AvgIpc) is 2.05. The standard InChI is InChI=1S/C6H5N4/c7-9-5-1-2-6(10-8)4-3-5/h1-4,9H/q+1. The van der Waals surface area contributed by atoms with Gasteiger partial charge in [0.25, 0.3) is 0 Å². The second-order valence-corrected chi connectivity index (χ2v) is 1.76. The largest absolute Gasteiger partial charge is 0.502 e. The van der Waals surface area contributed by atoms with Gasteiger partial charge in [0.1, 0.15) is 0 Å². The molecule has 4 nitrogen and oxygen atoms in total. The Morgan fingerprint density at radius 2 is 1.90 bits per heavy atom. The number of nitrogens with zero attached hydrogens (tertiary/aromatic N) is 3. The van der Waals surface area contributed by atoms with Crippen molar-refractivity contribution in [1.82, 2.24) is 0 Å². The molecular formula is C6H5N4+. The molecule has 0 aliphatic heterocycles. The van der Waals surface area contributed by atoms with E-state index < -0.39 is 0 Å². The molecule has 0 atom stereocenters. The van der Waals surface area contributed by atoms with E-state index in [9.17, 15) is 0 Å². The lowest BCUT2D eigenvalue weighted by Crippen LogP contribution is -2.54. The second kappa shape index (κ2) is 2.69. The fourth-order valence-electron chi connectivity index (χ4n) is 0.603. The maximum absolute atomic E-state index is 8.36. The summed E-state index contributed by atoms with van der Waals surface area (Å²) < 4.78 is 0. The summed E-state index contributed by atoms with van der Waals surface area (Å²) in [6, 6.07) is 6.32. The fraction of sp³-hybridized carbons (Fsp3) is 0. The molecule has 0 bridgehead atoms. The summed E-state index contributed by atoms with van der Waals surface area (Å²) in [4.78, 5) is 2.94. The lowest BCUT2D eigenvalue weighted by atomic mass is 10.3. The highest BCUT2D eigenvalue weighted by Gasteiger charge is 2.02. The van der Waals surface area contributed by atoms with Crippen LogP contribution in [0.1, 0.15) is 0 Å². The van der Waals surface area contributed by atoms with Crippen LogP contribution in [0.15, 0.2) is 24.3 Å². The van der Waals surface area contributed by atoms with Gasteiger partial charge in [-0.3, -0.25) is 5.11 Å². The van der Waals surface area contributed by atoms with Gasteiger partial charge in [0.15, 0.2) is 10.7 Å². The SMILES string of the molecule is N#[N+]c1ccc([NH+]=[N-])cc1. The highest BCUT2D eigenvalue weighted by molar-refractivity contribution is 5.47. The van der Waals surface area contributed by atoms with Crippen molar-refractivity contribution in [2.75, 3.05) is 0 Å². The molecule has 48 valence electrons. The van der Waals surface area contributed by atoms with E-state index in [1.807, 2.05) is 5.11 Å². The molecule has 1 N–H and O–H groups in total. The van der Waals surface area contributed by atoms with Crippen LogP contribution in [0.2, 0.25) is 0 Å². The minimum atomic E-state index is 0.457. The van der Waals surface area contributed by atoms with Crippen molar-refractivity contribution in [3.8, 4) is 0 Å². The van der Waals surface area contributed by atoms with Gasteiger partial charge >= 0.3 is 5.69 Å². The lowest BCUT2D eigenvalue weighted by molar-refractivity contribution is -0.379. The highest BCUT2D eigenvalue weighted by Crippen LogP contribution is 2.11. The summed E-state index contributed by atoms with van der Waals surface area (Å²) in [5.41, 5.74) is 9.38. The first kappa shape index (κ1) is 6.36. The lowest BCUT2D eigenvalue weighted by Gasteiger charge is -1.81. The normalized spacial score (nSPS) is 8.30. The van der Waals surface area contributed by atoms with Gasteiger partial charge in [-0.1, -0.05) is 0 Å². The van der Waals surface area contributed by atoms with Gasteiger partial charge < -0.3 is 5.53 Å². The molecule has 1 aromatic carbocycles. The Balaban J connectivity index is 3.04. The second-order valence-electron chi connectivity index (χ2n) is 1.76. The number of benzene rings is 1. The summed E-state index contributed by atoms with van der Waals surface area (Å²) in [6.07, 6.45) is 0. The van der Waals surface area contributed by atoms with Crippen LogP contribution in [0.3, 0.4) is 0 Å². The molecule has 0 saturated carbocycles. The summed E-state index contributed by atoms with van der Waals surface area (Å²) in [5.74, 6) is 0. The van der Waals surface area contributed by atoms with E-state index in [1.54, 1.807) is 24.3 Å². The number of nitrogens with one attached hydrogen (secondary N) is 1. The van der Waals surface area contributed by atoms with Crippen LogP contribution in [-0.4, -0.2) is 0 Å². The summed E-state index contributed by atoms with van der Waals surface area (Å²) in [6.45, 7) is 0. The Kier molecular flexibility index (Phi) is 1.71. The fourth-order valence-corrected chi connectivity index (χ4v) is 0.603. The Hall–Kier alpha value is -1.76. The van der Waals surface area contributed by atoms with Gasteiger partial charge in [0, 0.05) is 24.3 Å². The maximum atomic E-state index is 8.36. The molecule has 0 saturated heterocycles. The van der Waals surface area contributed by atoms with Crippen LogP contribution in [0, 0.1) is 5.39 Å². The molecule has 0 radical (unpaired) electrons. The molecule has 0 aliphatic carbocycles. The zero-order valence-corrected chi connectivity index (χ0v) is 5.15. The molecule has 1 aromatic rings. The Bertz CT molecular complexity index is 269. The highest BCUT2D eigenvalue weighted by atomic mass is 15.0. The molecule has 0 aliphatic rings. The molecular weight excluding hydrogens is 128 g/mol. The van der Waals surface area contributed by atoms with Crippen LogP contribution in [0.5, 0.6) is 0 Å².